The lowest BCUT2D eigenvalue weighted by molar-refractivity contribution is -0.275. The number of fused-ring (bicyclic) bond motifs is 1. The largest absolute Gasteiger partial charge is 0.573 e. The molecule has 12 heteroatoms. The minimum atomic E-state index is -4.85. The normalized spacial score (nSPS) is 16.5. The number of halogens is 4. The topological polar surface area (TPSA) is 92.7 Å². The van der Waals surface area contributed by atoms with Crippen molar-refractivity contribution in [3.05, 3.63) is 41.0 Å². The van der Waals surface area contributed by atoms with E-state index in [0.29, 0.717) is 5.69 Å². The molecule has 1 unspecified atom stereocenters. The highest BCUT2D eigenvalue weighted by atomic mass is 35.5. The summed E-state index contributed by atoms with van der Waals surface area (Å²) in [5.74, 6) is -0.826. The fraction of sp³-hybridized carbons (Fsp3) is 0.250. The van der Waals surface area contributed by atoms with E-state index in [4.69, 9.17) is 16.3 Å². The van der Waals surface area contributed by atoms with Gasteiger partial charge in [0.1, 0.15) is 17.9 Å². The van der Waals surface area contributed by atoms with Crippen molar-refractivity contribution in [2.45, 2.75) is 17.3 Å². The molecular formula is C16H13ClF3N3O4S. The van der Waals surface area contributed by atoms with Gasteiger partial charge in [-0.1, -0.05) is 11.6 Å². The summed E-state index contributed by atoms with van der Waals surface area (Å²) in [6, 6.07) is 4.54. The molecule has 1 aliphatic heterocycles. The zero-order valence-electron chi connectivity index (χ0n) is 13.9. The van der Waals surface area contributed by atoms with Crippen LogP contribution in [0.1, 0.15) is 10.4 Å². The Hall–Kier alpha value is -2.37. The summed E-state index contributed by atoms with van der Waals surface area (Å²) in [5.41, 5.74) is 0.460. The number of nitrogens with zero attached hydrogens (tertiary/aromatic N) is 1. The Kier molecular flexibility index (Phi) is 6.06. The van der Waals surface area contributed by atoms with Crippen LogP contribution in [0.3, 0.4) is 0 Å². The molecule has 0 aliphatic carbocycles. The van der Waals surface area contributed by atoms with Crippen molar-refractivity contribution >= 4 is 35.1 Å². The van der Waals surface area contributed by atoms with Gasteiger partial charge in [0, 0.05) is 5.02 Å². The summed E-state index contributed by atoms with van der Waals surface area (Å²) < 4.78 is 49.8. The standard InChI is InChI=1S/C16H13ClF3N3O4S/c17-8-1-2-12(27-16(18,19)20)13(3-8)28-23-9-4-11-14(25)22-10(6-24)7-26-15(11)21-5-9/h1-5,10,23-24H,6-7H2,(H,22,25). The first-order chi connectivity index (χ1) is 13.2. The Morgan fingerprint density at radius 2 is 2.21 bits per heavy atom. The molecule has 1 atom stereocenters. The van der Waals surface area contributed by atoms with Crippen LogP contribution in [0, 0.1) is 0 Å². The van der Waals surface area contributed by atoms with Gasteiger partial charge >= 0.3 is 6.36 Å². The first kappa shape index (κ1) is 20.4. The maximum Gasteiger partial charge on any atom is 0.573 e. The molecule has 0 fully saturated rings. The molecule has 1 aromatic carbocycles. The second kappa shape index (κ2) is 8.33. The molecular weight excluding hydrogens is 423 g/mol. The van der Waals surface area contributed by atoms with Crippen LogP contribution in [-0.4, -0.2) is 41.6 Å². The van der Waals surface area contributed by atoms with Crippen LogP contribution >= 0.6 is 23.5 Å². The predicted octanol–water partition coefficient (Wildman–Crippen LogP) is 3.24. The summed E-state index contributed by atoms with van der Waals surface area (Å²) in [5, 5.41) is 12.0. The molecule has 1 aromatic heterocycles. The van der Waals surface area contributed by atoms with Crippen LogP contribution in [0.25, 0.3) is 0 Å². The Morgan fingerprint density at radius 3 is 2.93 bits per heavy atom. The van der Waals surface area contributed by atoms with Crippen molar-refractivity contribution in [2.75, 3.05) is 17.9 Å². The third-order valence-corrected chi connectivity index (χ3v) is 4.59. The molecule has 3 N–H and O–H groups in total. The van der Waals surface area contributed by atoms with E-state index >= 15 is 0 Å². The first-order valence-electron chi connectivity index (χ1n) is 7.78. The monoisotopic (exact) mass is 435 g/mol. The number of hydrogen-bond acceptors (Lipinski definition) is 7. The minimum Gasteiger partial charge on any atom is -0.475 e. The van der Waals surface area contributed by atoms with Crippen LogP contribution in [0.15, 0.2) is 35.4 Å². The maximum absolute atomic E-state index is 12.5. The molecule has 2 aromatic rings. The molecule has 0 spiro atoms. The SMILES string of the molecule is O=C1NC(CO)COc2ncc(NSc3cc(Cl)ccc3OC(F)(F)F)cc21. The Morgan fingerprint density at radius 1 is 1.43 bits per heavy atom. The number of aliphatic hydroxyl groups is 1. The third-order valence-electron chi connectivity index (χ3n) is 3.48. The van der Waals surface area contributed by atoms with E-state index in [9.17, 15) is 23.1 Å². The van der Waals surface area contributed by atoms with Crippen molar-refractivity contribution in [3.63, 3.8) is 0 Å². The fourth-order valence-corrected chi connectivity index (χ4v) is 3.23. The third kappa shape index (κ3) is 5.12. The molecule has 150 valence electrons. The average Bonchev–Trinajstić information content (AvgIpc) is 2.79. The molecule has 0 saturated carbocycles. The Labute approximate surface area is 166 Å². The number of aliphatic hydroxyl groups excluding tert-OH is 1. The quantitative estimate of drug-likeness (QED) is 0.621. The number of alkyl halides is 3. The summed E-state index contributed by atoms with van der Waals surface area (Å²) >= 11 is 6.65. The number of nitrogens with one attached hydrogen (secondary N) is 2. The summed E-state index contributed by atoms with van der Waals surface area (Å²) in [6.45, 7) is -0.234. The zero-order chi connectivity index (χ0) is 20.3. The molecule has 0 bridgehead atoms. The number of aromatic nitrogens is 1. The molecule has 2 heterocycles. The van der Waals surface area contributed by atoms with Crippen molar-refractivity contribution in [1.29, 1.82) is 0 Å². The number of ether oxygens (including phenoxy) is 2. The number of carbonyl (C=O) groups excluding carboxylic acids is 1. The van der Waals surface area contributed by atoms with Gasteiger partial charge in [-0.05, 0) is 36.2 Å². The van der Waals surface area contributed by atoms with Crippen LogP contribution in [-0.2, 0) is 0 Å². The minimum absolute atomic E-state index is 0.0599. The first-order valence-corrected chi connectivity index (χ1v) is 8.97. The highest BCUT2D eigenvalue weighted by Gasteiger charge is 2.32. The van der Waals surface area contributed by atoms with Crippen LogP contribution in [0.2, 0.25) is 5.02 Å². The summed E-state index contributed by atoms with van der Waals surface area (Å²) in [7, 11) is 0. The molecule has 0 radical (unpaired) electrons. The van der Waals surface area contributed by atoms with Crippen LogP contribution < -0.4 is 19.5 Å². The van der Waals surface area contributed by atoms with Gasteiger partial charge in [-0.15, -0.1) is 13.2 Å². The summed E-state index contributed by atoms with van der Waals surface area (Å²) in [4.78, 5) is 16.3. The van der Waals surface area contributed by atoms with Crippen molar-refractivity contribution in [1.82, 2.24) is 10.3 Å². The molecule has 1 aliphatic rings. The molecule has 0 saturated heterocycles. The molecule has 1 amide bonds. The van der Waals surface area contributed by atoms with E-state index in [0.717, 1.165) is 18.0 Å². The van der Waals surface area contributed by atoms with Crippen molar-refractivity contribution in [3.8, 4) is 11.6 Å². The van der Waals surface area contributed by atoms with E-state index < -0.39 is 24.1 Å². The lowest BCUT2D eigenvalue weighted by Crippen LogP contribution is -2.39. The molecule has 7 nitrogen and oxygen atoms in total. The van der Waals surface area contributed by atoms with Gasteiger partial charge in [-0.3, -0.25) is 4.79 Å². The highest BCUT2D eigenvalue weighted by molar-refractivity contribution is 8.00. The predicted molar refractivity (Wildman–Crippen MR) is 95.7 cm³/mol. The number of hydrogen-bond donors (Lipinski definition) is 3. The summed E-state index contributed by atoms with van der Waals surface area (Å²) in [6.07, 6.45) is -3.50. The number of anilines is 1. The number of benzene rings is 1. The van der Waals surface area contributed by atoms with E-state index in [1.807, 2.05) is 0 Å². The van der Waals surface area contributed by atoms with Crippen molar-refractivity contribution < 1.29 is 32.5 Å². The smallest absolute Gasteiger partial charge is 0.475 e. The molecule has 28 heavy (non-hydrogen) atoms. The maximum atomic E-state index is 12.5. The Balaban J connectivity index is 1.78. The second-order valence-corrected chi connectivity index (χ2v) is 6.87. The highest BCUT2D eigenvalue weighted by Crippen LogP contribution is 2.36. The van der Waals surface area contributed by atoms with Gasteiger partial charge in [-0.2, -0.15) is 0 Å². The Bertz CT molecular complexity index is 885. The zero-order valence-corrected chi connectivity index (χ0v) is 15.5. The van der Waals surface area contributed by atoms with Gasteiger partial charge in [0.25, 0.3) is 5.91 Å². The van der Waals surface area contributed by atoms with Crippen LogP contribution in [0.4, 0.5) is 18.9 Å². The van der Waals surface area contributed by atoms with E-state index in [-0.39, 0.29) is 34.6 Å². The van der Waals surface area contributed by atoms with E-state index in [1.165, 1.54) is 24.4 Å². The number of pyridine rings is 1. The second-order valence-electron chi connectivity index (χ2n) is 5.58. The van der Waals surface area contributed by atoms with Gasteiger partial charge in [0.15, 0.2) is 0 Å². The number of rotatable bonds is 5. The van der Waals surface area contributed by atoms with Gasteiger partial charge < -0.3 is 24.6 Å². The number of amides is 1. The lowest BCUT2D eigenvalue weighted by Gasteiger charge is -2.14. The van der Waals surface area contributed by atoms with E-state index in [2.05, 4.69) is 19.8 Å². The fourth-order valence-electron chi connectivity index (χ4n) is 2.25. The van der Waals surface area contributed by atoms with Gasteiger partial charge in [-0.25, -0.2) is 4.98 Å². The number of carbonyl (C=O) groups is 1. The van der Waals surface area contributed by atoms with Crippen molar-refractivity contribution in [2.24, 2.45) is 0 Å². The van der Waals surface area contributed by atoms with Crippen LogP contribution in [0.5, 0.6) is 11.6 Å². The van der Waals surface area contributed by atoms with E-state index in [1.54, 1.807) is 0 Å². The van der Waals surface area contributed by atoms with Gasteiger partial charge in [0.2, 0.25) is 5.88 Å². The van der Waals surface area contributed by atoms with Gasteiger partial charge in [0.05, 0.1) is 29.4 Å². The average molecular weight is 436 g/mol. The lowest BCUT2D eigenvalue weighted by atomic mass is 10.2. The molecule has 3 rings (SSSR count).